The van der Waals surface area contributed by atoms with E-state index in [9.17, 15) is 0 Å². The Labute approximate surface area is 154 Å². The van der Waals surface area contributed by atoms with Gasteiger partial charge in [0.1, 0.15) is 0 Å². The summed E-state index contributed by atoms with van der Waals surface area (Å²) in [6, 6.07) is 28.3. The molecule has 1 heterocycles. The van der Waals surface area contributed by atoms with Crippen LogP contribution in [0.4, 0.5) is 0 Å². The van der Waals surface area contributed by atoms with E-state index in [0.29, 0.717) is 11.7 Å². The van der Waals surface area contributed by atoms with Gasteiger partial charge < -0.3 is 4.52 Å². The number of halogens is 1. The van der Waals surface area contributed by atoms with E-state index in [1.165, 1.54) is 0 Å². The Balaban J connectivity index is 1.79. The summed E-state index contributed by atoms with van der Waals surface area (Å²) < 4.78 is 6.64. The highest BCUT2D eigenvalue weighted by atomic mass is 79.9. The molecule has 3 aromatic carbocycles. The van der Waals surface area contributed by atoms with Crippen LogP contribution in [0.15, 0.2) is 93.9 Å². The third-order valence-corrected chi connectivity index (χ3v) is 4.53. The summed E-state index contributed by atoms with van der Waals surface area (Å²) in [4.78, 5) is 4.68. The molecule has 0 saturated heterocycles. The maximum absolute atomic E-state index is 5.65. The van der Waals surface area contributed by atoms with E-state index < -0.39 is 0 Å². The molecule has 0 radical (unpaired) electrons. The minimum atomic E-state index is -0.0872. The lowest BCUT2D eigenvalue weighted by molar-refractivity contribution is 0.375. The number of benzene rings is 3. The number of aromatic nitrogens is 2. The summed E-state index contributed by atoms with van der Waals surface area (Å²) >= 11 is 3.48. The number of hydrogen-bond acceptors (Lipinski definition) is 3. The lowest BCUT2D eigenvalue weighted by Crippen LogP contribution is -2.03. The second-order valence-corrected chi connectivity index (χ2v) is 6.64. The Morgan fingerprint density at radius 1 is 0.760 bits per heavy atom. The number of hydrogen-bond donors (Lipinski definition) is 0. The van der Waals surface area contributed by atoms with Crippen molar-refractivity contribution < 1.29 is 4.52 Å². The van der Waals surface area contributed by atoms with Crippen LogP contribution in [0.3, 0.4) is 0 Å². The Bertz CT molecular complexity index is 928. The predicted molar refractivity (Wildman–Crippen MR) is 101 cm³/mol. The summed E-state index contributed by atoms with van der Waals surface area (Å²) in [6.45, 7) is 0. The van der Waals surface area contributed by atoms with Gasteiger partial charge in [0.15, 0.2) is 0 Å². The van der Waals surface area contributed by atoms with Crippen molar-refractivity contribution in [2.45, 2.75) is 5.92 Å². The minimum Gasteiger partial charge on any atom is -0.338 e. The van der Waals surface area contributed by atoms with Gasteiger partial charge >= 0.3 is 0 Å². The quantitative estimate of drug-likeness (QED) is 0.449. The summed E-state index contributed by atoms with van der Waals surface area (Å²) in [7, 11) is 0. The van der Waals surface area contributed by atoms with Crippen molar-refractivity contribution in [1.82, 2.24) is 10.1 Å². The van der Waals surface area contributed by atoms with Crippen LogP contribution in [0.2, 0.25) is 0 Å². The molecule has 0 aliphatic rings. The van der Waals surface area contributed by atoms with Crippen molar-refractivity contribution in [3.8, 4) is 11.4 Å². The van der Waals surface area contributed by atoms with Crippen LogP contribution in [0, 0.1) is 0 Å². The summed E-state index contributed by atoms with van der Waals surface area (Å²) in [5, 5.41) is 4.19. The highest BCUT2D eigenvalue weighted by Gasteiger charge is 2.23. The van der Waals surface area contributed by atoms with E-state index in [1.807, 2.05) is 60.7 Å². The van der Waals surface area contributed by atoms with Gasteiger partial charge in [0.25, 0.3) is 0 Å². The molecule has 0 saturated carbocycles. The van der Waals surface area contributed by atoms with Crippen LogP contribution < -0.4 is 0 Å². The fourth-order valence-corrected chi connectivity index (χ4v) is 3.27. The van der Waals surface area contributed by atoms with Gasteiger partial charge in [-0.05, 0) is 23.3 Å². The number of nitrogens with zero attached hydrogens (tertiary/aromatic N) is 2. The normalized spacial score (nSPS) is 11.0. The predicted octanol–water partition coefficient (Wildman–Crippen LogP) is 5.68. The molecule has 1 aromatic heterocycles. The Morgan fingerprint density at radius 2 is 1.40 bits per heavy atom. The summed E-state index contributed by atoms with van der Waals surface area (Å²) in [5.74, 6) is 1.09. The lowest BCUT2D eigenvalue weighted by atomic mass is 9.91. The lowest BCUT2D eigenvalue weighted by Gasteiger charge is -2.13. The summed E-state index contributed by atoms with van der Waals surface area (Å²) in [5.41, 5.74) is 3.17. The van der Waals surface area contributed by atoms with E-state index >= 15 is 0 Å². The molecule has 0 atom stereocenters. The molecule has 0 aliphatic heterocycles. The van der Waals surface area contributed by atoms with Crippen molar-refractivity contribution in [1.29, 1.82) is 0 Å². The van der Waals surface area contributed by atoms with Crippen LogP contribution in [0.1, 0.15) is 22.9 Å². The topological polar surface area (TPSA) is 38.9 Å². The molecular weight excluding hydrogens is 376 g/mol. The van der Waals surface area contributed by atoms with E-state index in [2.05, 4.69) is 50.3 Å². The molecule has 25 heavy (non-hydrogen) atoms. The first-order valence-electron chi connectivity index (χ1n) is 8.01. The van der Waals surface area contributed by atoms with Crippen molar-refractivity contribution in [2.24, 2.45) is 0 Å². The molecule has 4 rings (SSSR count). The minimum absolute atomic E-state index is 0.0872. The first kappa shape index (κ1) is 15.8. The van der Waals surface area contributed by atoms with Gasteiger partial charge in [-0.15, -0.1) is 0 Å². The zero-order chi connectivity index (χ0) is 17.1. The molecule has 4 heteroatoms. The summed E-state index contributed by atoms with van der Waals surface area (Å²) in [6.07, 6.45) is 0. The fourth-order valence-electron chi connectivity index (χ4n) is 2.87. The fraction of sp³-hybridized carbons (Fsp3) is 0.0476. The molecule has 122 valence electrons. The molecule has 0 bridgehead atoms. The molecule has 0 N–H and O–H groups in total. The van der Waals surface area contributed by atoms with Crippen LogP contribution in [0.5, 0.6) is 0 Å². The van der Waals surface area contributed by atoms with Crippen LogP contribution in [0.25, 0.3) is 11.4 Å². The second-order valence-electron chi connectivity index (χ2n) is 5.72. The van der Waals surface area contributed by atoms with Gasteiger partial charge in [-0.1, -0.05) is 93.9 Å². The SMILES string of the molecule is Brc1cccc(-c2noc(C(c3ccccc3)c3ccccc3)n2)c1. The molecule has 0 amide bonds. The molecule has 3 nitrogen and oxygen atoms in total. The van der Waals surface area contributed by atoms with Crippen molar-refractivity contribution in [3.63, 3.8) is 0 Å². The molecule has 4 aromatic rings. The van der Waals surface area contributed by atoms with E-state index in [4.69, 9.17) is 4.52 Å². The first-order valence-corrected chi connectivity index (χ1v) is 8.80. The molecule has 0 unspecified atom stereocenters. The average molecular weight is 391 g/mol. The third-order valence-electron chi connectivity index (χ3n) is 4.04. The molecule has 0 aliphatic carbocycles. The van der Waals surface area contributed by atoms with Gasteiger partial charge in [0.05, 0.1) is 5.92 Å². The van der Waals surface area contributed by atoms with Crippen molar-refractivity contribution >= 4 is 15.9 Å². The maximum atomic E-state index is 5.65. The standard InChI is InChI=1S/C21H15BrN2O/c22-18-13-7-12-17(14-18)20-23-21(25-24-20)19(15-8-3-1-4-9-15)16-10-5-2-6-11-16/h1-14,19H. The van der Waals surface area contributed by atoms with Crippen LogP contribution in [-0.2, 0) is 0 Å². The Hall–Kier alpha value is -2.72. The van der Waals surface area contributed by atoms with Crippen molar-refractivity contribution in [3.05, 3.63) is 106 Å². The zero-order valence-electron chi connectivity index (χ0n) is 13.3. The first-order chi connectivity index (χ1) is 12.3. The largest absolute Gasteiger partial charge is 0.338 e. The molecule has 0 spiro atoms. The van der Waals surface area contributed by atoms with Crippen LogP contribution >= 0.6 is 15.9 Å². The zero-order valence-corrected chi connectivity index (χ0v) is 14.9. The van der Waals surface area contributed by atoms with Crippen LogP contribution in [-0.4, -0.2) is 10.1 Å². The number of rotatable bonds is 4. The van der Waals surface area contributed by atoms with E-state index in [0.717, 1.165) is 21.2 Å². The molecule has 0 fully saturated rings. The van der Waals surface area contributed by atoms with Gasteiger partial charge in [-0.2, -0.15) is 4.98 Å². The smallest absolute Gasteiger partial charge is 0.238 e. The Kier molecular flexibility index (Phi) is 4.44. The van der Waals surface area contributed by atoms with E-state index in [-0.39, 0.29) is 5.92 Å². The van der Waals surface area contributed by atoms with E-state index in [1.54, 1.807) is 0 Å². The average Bonchev–Trinajstić information content (AvgIpc) is 3.13. The van der Waals surface area contributed by atoms with Gasteiger partial charge in [-0.3, -0.25) is 0 Å². The van der Waals surface area contributed by atoms with Gasteiger partial charge in [-0.25, -0.2) is 0 Å². The highest BCUT2D eigenvalue weighted by molar-refractivity contribution is 9.10. The van der Waals surface area contributed by atoms with Gasteiger partial charge in [0.2, 0.25) is 11.7 Å². The second kappa shape index (κ2) is 7.03. The highest BCUT2D eigenvalue weighted by Crippen LogP contribution is 2.32. The Morgan fingerprint density at radius 3 is 2.00 bits per heavy atom. The van der Waals surface area contributed by atoms with Crippen molar-refractivity contribution in [2.75, 3.05) is 0 Å². The van der Waals surface area contributed by atoms with Gasteiger partial charge in [0, 0.05) is 10.0 Å². The third kappa shape index (κ3) is 3.39. The maximum Gasteiger partial charge on any atom is 0.238 e. The molecular formula is C21H15BrN2O. The monoisotopic (exact) mass is 390 g/mol.